The Hall–Kier alpha value is -2.12. The van der Waals surface area contributed by atoms with Crippen LogP contribution in [0.3, 0.4) is 0 Å². The van der Waals surface area contributed by atoms with Crippen LogP contribution in [0.5, 0.6) is 5.75 Å². The van der Waals surface area contributed by atoms with Crippen LogP contribution in [-0.4, -0.2) is 19.5 Å². The highest BCUT2D eigenvalue weighted by Gasteiger charge is 2.19. The van der Waals surface area contributed by atoms with Crippen LogP contribution in [0.15, 0.2) is 47.4 Å². The molecule has 0 aliphatic rings. The van der Waals surface area contributed by atoms with Crippen molar-refractivity contribution in [3.63, 3.8) is 0 Å². The van der Waals surface area contributed by atoms with Gasteiger partial charge in [0.15, 0.2) is 5.75 Å². The van der Waals surface area contributed by atoms with E-state index in [1.165, 1.54) is 0 Å². The molecule has 0 bridgehead atoms. The molecule has 2 rings (SSSR count). The zero-order valence-electron chi connectivity index (χ0n) is 10.3. The second kappa shape index (κ2) is 5.71. The van der Waals surface area contributed by atoms with Crippen molar-refractivity contribution in [3.05, 3.63) is 58.9 Å². The fraction of sp³-hybridized carbons (Fsp3) is 0. The van der Waals surface area contributed by atoms with Gasteiger partial charge >= 0.3 is 16.1 Å². The molecule has 0 saturated heterocycles. The first-order valence-corrected chi connectivity index (χ1v) is 7.31. The standard InChI is InChI=1S/C13H8ClFO5S/c14-11-7-8(13(16)17)1-6-12(11)20-21(18,19)10-4-2-9(15)3-5-10/h1-7H,(H,16,17). The van der Waals surface area contributed by atoms with E-state index >= 15 is 0 Å². The lowest BCUT2D eigenvalue weighted by molar-refractivity contribution is 0.0697. The van der Waals surface area contributed by atoms with Gasteiger partial charge in [-0.05, 0) is 42.5 Å². The lowest BCUT2D eigenvalue weighted by Gasteiger charge is -2.09. The van der Waals surface area contributed by atoms with Gasteiger partial charge in [-0.15, -0.1) is 0 Å². The fourth-order valence-corrected chi connectivity index (χ4v) is 2.68. The van der Waals surface area contributed by atoms with Crippen LogP contribution in [0, 0.1) is 5.82 Å². The lowest BCUT2D eigenvalue weighted by Crippen LogP contribution is -2.10. The summed E-state index contributed by atoms with van der Waals surface area (Å²) in [4.78, 5) is 10.5. The molecular weight excluding hydrogens is 323 g/mol. The van der Waals surface area contributed by atoms with Gasteiger partial charge in [0.05, 0.1) is 10.6 Å². The minimum atomic E-state index is -4.18. The molecule has 8 heteroatoms. The number of rotatable bonds is 4. The van der Waals surface area contributed by atoms with Gasteiger partial charge in [-0.25, -0.2) is 9.18 Å². The highest BCUT2D eigenvalue weighted by Crippen LogP contribution is 2.28. The highest BCUT2D eigenvalue weighted by molar-refractivity contribution is 7.87. The third-order valence-electron chi connectivity index (χ3n) is 2.48. The maximum absolute atomic E-state index is 12.8. The van der Waals surface area contributed by atoms with Crippen molar-refractivity contribution >= 4 is 27.7 Å². The largest absolute Gasteiger partial charge is 0.478 e. The molecule has 1 N–H and O–H groups in total. The second-order valence-electron chi connectivity index (χ2n) is 3.94. The monoisotopic (exact) mass is 330 g/mol. The molecule has 0 amide bonds. The Morgan fingerprint density at radius 2 is 1.76 bits per heavy atom. The fourth-order valence-electron chi connectivity index (χ4n) is 1.47. The topological polar surface area (TPSA) is 80.7 Å². The summed E-state index contributed by atoms with van der Waals surface area (Å²) in [5.41, 5.74) is -0.105. The van der Waals surface area contributed by atoms with Crippen molar-refractivity contribution in [2.75, 3.05) is 0 Å². The van der Waals surface area contributed by atoms with E-state index in [2.05, 4.69) is 0 Å². The molecule has 110 valence electrons. The maximum atomic E-state index is 12.8. The SMILES string of the molecule is O=C(O)c1ccc(OS(=O)(=O)c2ccc(F)cc2)c(Cl)c1. The number of hydrogen-bond acceptors (Lipinski definition) is 4. The van der Waals surface area contributed by atoms with E-state index in [4.69, 9.17) is 20.9 Å². The molecule has 0 heterocycles. The van der Waals surface area contributed by atoms with Crippen LogP contribution in [0.25, 0.3) is 0 Å². The number of carboxylic acids is 1. The lowest BCUT2D eigenvalue weighted by atomic mass is 10.2. The Bertz CT molecular complexity index is 787. The average Bonchev–Trinajstić information content (AvgIpc) is 2.41. The van der Waals surface area contributed by atoms with Crippen molar-refractivity contribution in [2.24, 2.45) is 0 Å². The van der Waals surface area contributed by atoms with Gasteiger partial charge in [-0.1, -0.05) is 11.6 Å². The molecule has 2 aromatic rings. The molecule has 0 fully saturated rings. The van der Waals surface area contributed by atoms with Gasteiger partial charge in [-0.3, -0.25) is 0 Å². The summed E-state index contributed by atoms with van der Waals surface area (Å²) in [5, 5.41) is 8.62. The molecule has 21 heavy (non-hydrogen) atoms. The van der Waals surface area contributed by atoms with Gasteiger partial charge in [-0.2, -0.15) is 8.42 Å². The molecule has 0 radical (unpaired) electrons. The summed E-state index contributed by atoms with van der Waals surface area (Å²) < 4.78 is 41.5. The molecular formula is C13H8ClFO5S. The number of aromatic carboxylic acids is 1. The summed E-state index contributed by atoms with van der Waals surface area (Å²) in [6.45, 7) is 0. The number of benzene rings is 2. The third kappa shape index (κ3) is 3.50. The van der Waals surface area contributed by atoms with E-state index in [1.807, 2.05) is 0 Å². The van der Waals surface area contributed by atoms with Crippen LogP contribution in [-0.2, 0) is 10.1 Å². The van der Waals surface area contributed by atoms with E-state index in [-0.39, 0.29) is 21.2 Å². The predicted octanol–water partition coefficient (Wildman–Crippen LogP) is 2.95. The van der Waals surface area contributed by atoms with Crippen LogP contribution in [0.2, 0.25) is 5.02 Å². The number of halogens is 2. The molecule has 0 atom stereocenters. The first kappa shape index (κ1) is 15.3. The minimum Gasteiger partial charge on any atom is -0.478 e. The highest BCUT2D eigenvalue weighted by atomic mass is 35.5. The second-order valence-corrected chi connectivity index (χ2v) is 5.90. The van der Waals surface area contributed by atoms with Crippen LogP contribution < -0.4 is 4.18 Å². The first-order valence-electron chi connectivity index (χ1n) is 5.52. The van der Waals surface area contributed by atoms with Crippen molar-refractivity contribution in [2.45, 2.75) is 4.90 Å². The molecule has 0 saturated carbocycles. The quantitative estimate of drug-likeness (QED) is 0.872. The average molecular weight is 331 g/mol. The van der Waals surface area contributed by atoms with Crippen molar-refractivity contribution in [1.82, 2.24) is 0 Å². The Morgan fingerprint density at radius 3 is 2.29 bits per heavy atom. The van der Waals surface area contributed by atoms with E-state index < -0.39 is 21.9 Å². The molecule has 0 unspecified atom stereocenters. The summed E-state index contributed by atoms with van der Waals surface area (Å²) in [7, 11) is -4.18. The Labute approximate surface area is 124 Å². The zero-order valence-corrected chi connectivity index (χ0v) is 11.9. The van der Waals surface area contributed by atoms with Gasteiger partial charge < -0.3 is 9.29 Å². The maximum Gasteiger partial charge on any atom is 0.339 e. The van der Waals surface area contributed by atoms with E-state index in [1.54, 1.807) is 0 Å². The van der Waals surface area contributed by atoms with Crippen molar-refractivity contribution in [3.8, 4) is 5.75 Å². The van der Waals surface area contributed by atoms with Gasteiger partial charge in [0.2, 0.25) is 0 Å². The molecule has 5 nitrogen and oxygen atoms in total. The van der Waals surface area contributed by atoms with E-state index in [9.17, 15) is 17.6 Å². The summed E-state index contributed by atoms with van der Waals surface area (Å²) >= 11 is 5.78. The van der Waals surface area contributed by atoms with Crippen molar-refractivity contribution < 1.29 is 26.9 Å². The van der Waals surface area contributed by atoms with Crippen molar-refractivity contribution in [1.29, 1.82) is 0 Å². The van der Waals surface area contributed by atoms with Gasteiger partial charge in [0.25, 0.3) is 0 Å². The van der Waals surface area contributed by atoms with Crippen LogP contribution >= 0.6 is 11.6 Å². The molecule has 0 aliphatic carbocycles. The smallest absolute Gasteiger partial charge is 0.339 e. The Morgan fingerprint density at radius 1 is 1.14 bits per heavy atom. The predicted molar refractivity (Wildman–Crippen MR) is 72.6 cm³/mol. The minimum absolute atomic E-state index is 0.105. The summed E-state index contributed by atoms with van der Waals surface area (Å²) in [5.74, 6) is -2.01. The number of carboxylic acid groups (broad SMARTS) is 1. The van der Waals surface area contributed by atoms with E-state index in [0.717, 1.165) is 42.5 Å². The Balaban J connectivity index is 2.32. The van der Waals surface area contributed by atoms with Gasteiger partial charge in [0.1, 0.15) is 10.7 Å². The molecule has 0 aliphatic heterocycles. The summed E-state index contributed by atoms with van der Waals surface area (Å²) in [6, 6.07) is 7.40. The van der Waals surface area contributed by atoms with Gasteiger partial charge in [0, 0.05) is 0 Å². The molecule has 2 aromatic carbocycles. The Kier molecular flexibility index (Phi) is 4.15. The third-order valence-corrected chi connectivity index (χ3v) is 4.02. The number of hydrogen-bond donors (Lipinski definition) is 1. The normalized spacial score (nSPS) is 11.1. The molecule has 0 aromatic heterocycles. The molecule has 0 spiro atoms. The zero-order chi connectivity index (χ0) is 15.6. The first-order chi connectivity index (χ1) is 9.79. The van der Waals surface area contributed by atoms with E-state index in [0.29, 0.717) is 0 Å². The van der Waals surface area contributed by atoms with Crippen LogP contribution in [0.1, 0.15) is 10.4 Å². The summed E-state index contributed by atoms with van der Waals surface area (Å²) in [6.07, 6.45) is 0. The van der Waals surface area contributed by atoms with Crippen LogP contribution in [0.4, 0.5) is 4.39 Å². The number of carbonyl (C=O) groups is 1.